The summed E-state index contributed by atoms with van der Waals surface area (Å²) in [5, 5.41) is 12.0. The van der Waals surface area contributed by atoms with Crippen LogP contribution in [0.5, 0.6) is 0 Å². The molecule has 0 bridgehead atoms. The van der Waals surface area contributed by atoms with Crippen molar-refractivity contribution in [3.05, 3.63) is 28.3 Å². The molecule has 2 N–H and O–H groups in total. The van der Waals surface area contributed by atoms with Crippen molar-refractivity contribution in [3.63, 3.8) is 0 Å². The van der Waals surface area contributed by atoms with E-state index in [1.54, 1.807) is 13.0 Å². The second kappa shape index (κ2) is 4.37. The fraction of sp³-hybridized carbons (Fsp3) is 0.333. The summed E-state index contributed by atoms with van der Waals surface area (Å²) >= 11 is 6.04. The second-order valence-electron chi connectivity index (χ2n) is 4.28. The van der Waals surface area contributed by atoms with E-state index in [2.05, 4.69) is 5.32 Å². The molecule has 1 unspecified atom stereocenters. The van der Waals surface area contributed by atoms with Gasteiger partial charge in [-0.2, -0.15) is 0 Å². The average Bonchev–Trinajstić information content (AvgIpc) is 2.59. The normalized spacial score (nSPS) is 15.3. The summed E-state index contributed by atoms with van der Waals surface area (Å²) in [6.45, 7) is 1.65. The number of hydrogen-bond acceptors (Lipinski definition) is 2. The van der Waals surface area contributed by atoms with Crippen LogP contribution >= 0.6 is 11.6 Å². The SMILES string of the molecule is CC(Cc1cc(Cl)c2c(c1)CC(=O)N2)C(=O)O. The molecule has 2 rings (SSSR count). The number of carbonyl (C=O) groups excluding carboxylic acids is 1. The molecule has 0 fully saturated rings. The van der Waals surface area contributed by atoms with E-state index in [0.29, 0.717) is 23.6 Å². The van der Waals surface area contributed by atoms with E-state index in [1.807, 2.05) is 6.07 Å². The molecule has 0 saturated carbocycles. The first kappa shape index (κ1) is 11.9. The number of anilines is 1. The van der Waals surface area contributed by atoms with Crippen LogP contribution in [0.3, 0.4) is 0 Å². The quantitative estimate of drug-likeness (QED) is 0.867. The van der Waals surface area contributed by atoms with Crippen LogP contribution in [0.25, 0.3) is 0 Å². The molecule has 1 heterocycles. The second-order valence-corrected chi connectivity index (χ2v) is 4.69. The lowest BCUT2D eigenvalue weighted by Gasteiger charge is -2.09. The largest absolute Gasteiger partial charge is 0.481 e. The molecular weight excluding hydrogens is 242 g/mol. The minimum Gasteiger partial charge on any atom is -0.481 e. The van der Waals surface area contributed by atoms with Gasteiger partial charge in [-0.1, -0.05) is 24.6 Å². The lowest BCUT2D eigenvalue weighted by molar-refractivity contribution is -0.141. The van der Waals surface area contributed by atoms with Crippen LogP contribution in [-0.2, 0) is 22.4 Å². The number of halogens is 1. The highest BCUT2D eigenvalue weighted by Crippen LogP contribution is 2.33. The molecule has 0 spiro atoms. The zero-order valence-corrected chi connectivity index (χ0v) is 10.0. The third-order valence-corrected chi connectivity index (χ3v) is 3.11. The van der Waals surface area contributed by atoms with Crippen molar-refractivity contribution in [2.24, 2.45) is 5.92 Å². The van der Waals surface area contributed by atoms with E-state index < -0.39 is 11.9 Å². The summed E-state index contributed by atoms with van der Waals surface area (Å²) in [6.07, 6.45) is 0.723. The number of amides is 1. The Balaban J connectivity index is 2.27. The summed E-state index contributed by atoms with van der Waals surface area (Å²) < 4.78 is 0. The van der Waals surface area contributed by atoms with Crippen molar-refractivity contribution in [1.29, 1.82) is 0 Å². The van der Waals surface area contributed by atoms with Crippen molar-refractivity contribution in [3.8, 4) is 0 Å². The Kier molecular flexibility index (Phi) is 3.07. The van der Waals surface area contributed by atoms with Gasteiger partial charge in [0.1, 0.15) is 0 Å². The van der Waals surface area contributed by atoms with Crippen LogP contribution in [0.2, 0.25) is 5.02 Å². The van der Waals surface area contributed by atoms with Crippen LogP contribution in [0.15, 0.2) is 12.1 Å². The van der Waals surface area contributed by atoms with Crippen molar-refractivity contribution >= 4 is 29.2 Å². The molecule has 90 valence electrons. The Hall–Kier alpha value is -1.55. The Bertz CT molecular complexity index is 499. The number of carbonyl (C=O) groups is 2. The number of fused-ring (bicyclic) bond motifs is 1. The van der Waals surface area contributed by atoms with Gasteiger partial charge in [0.2, 0.25) is 5.91 Å². The maximum Gasteiger partial charge on any atom is 0.306 e. The number of benzene rings is 1. The zero-order valence-electron chi connectivity index (χ0n) is 9.29. The highest BCUT2D eigenvalue weighted by atomic mass is 35.5. The molecule has 1 aromatic rings. The van der Waals surface area contributed by atoms with Crippen LogP contribution < -0.4 is 5.32 Å². The first-order chi connectivity index (χ1) is 7.97. The summed E-state index contributed by atoms with van der Waals surface area (Å²) in [4.78, 5) is 22.0. The van der Waals surface area contributed by atoms with Crippen LogP contribution in [-0.4, -0.2) is 17.0 Å². The highest BCUT2D eigenvalue weighted by Gasteiger charge is 2.22. The van der Waals surface area contributed by atoms with E-state index >= 15 is 0 Å². The van der Waals surface area contributed by atoms with Gasteiger partial charge in [0, 0.05) is 0 Å². The van der Waals surface area contributed by atoms with Gasteiger partial charge in [-0.05, 0) is 23.6 Å². The number of carboxylic acid groups (broad SMARTS) is 1. The maximum atomic E-state index is 11.2. The van der Waals surface area contributed by atoms with Gasteiger partial charge in [-0.3, -0.25) is 9.59 Å². The Morgan fingerprint density at radius 3 is 2.94 bits per heavy atom. The molecule has 1 aliphatic heterocycles. The molecule has 4 nitrogen and oxygen atoms in total. The molecular formula is C12H12ClNO3. The molecule has 0 radical (unpaired) electrons. The Morgan fingerprint density at radius 1 is 1.59 bits per heavy atom. The standard InChI is InChI=1S/C12H12ClNO3/c1-6(12(16)17)2-7-3-8-5-10(15)14-11(8)9(13)4-7/h3-4,6H,2,5H2,1H3,(H,14,15)(H,16,17). The van der Waals surface area contributed by atoms with Crippen molar-refractivity contribution in [2.45, 2.75) is 19.8 Å². The van der Waals surface area contributed by atoms with Crippen molar-refractivity contribution in [2.75, 3.05) is 5.32 Å². The molecule has 0 aliphatic carbocycles. The smallest absolute Gasteiger partial charge is 0.306 e. The number of aliphatic carboxylic acids is 1. The first-order valence-corrected chi connectivity index (χ1v) is 5.69. The predicted molar refractivity (Wildman–Crippen MR) is 64.3 cm³/mol. The molecule has 17 heavy (non-hydrogen) atoms. The van der Waals surface area contributed by atoms with Gasteiger partial charge in [0.05, 0.1) is 23.0 Å². The topological polar surface area (TPSA) is 66.4 Å². The lowest BCUT2D eigenvalue weighted by Crippen LogP contribution is -2.12. The molecule has 1 aliphatic rings. The van der Waals surface area contributed by atoms with E-state index in [1.165, 1.54) is 0 Å². The van der Waals surface area contributed by atoms with Gasteiger partial charge in [-0.15, -0.1) is 0 Å². The van der Waals surface area contributed by atoms with E-state index in [0.717, 1.165) is 11.1 Å². The minimum atomic E-state index is -0.837. The van der Waals surface area contributed by atoms with Gasteiger partial charge in [-0.25, -0.2) is 0 Å². The van der Waals surface area contributed by atoms with Gasteiger partial charge in [0.25, 0.3) is 0 Å². The number of rotatable bonds is 3. The Morgan fingerprint density at radius 2 is 2.29 bits per heavy atom. The summed E-state index contributed by atoms with van der Waals surface area (Å²) in [6, 6.07) is 3.56. The summed E-state index contributed by atoms with van der Waals surface area (Å²) in [7, 11) is 0. The monoisotopic (exact) mass is 253 g/mol. The van der Waals surface area contributed by atoms with Crippen molar-refractivity contribution in [1.82, 2.24) is 0 Å². The van der Waals surface area contributed by atoms with E-state index in [-0.39, 0.29) is 5.91 Å². The molecule has 5 heteroatoms. The van der Waals surface area contributed by atoms with Crippen molar-refractivity contribution < 1.29 is 14.7 Å². The molecule has 1 amide bonds. The van der Waals surface area contributed by atoms with Gasteiger partial charge >= 0.3 is 5.97 Å². The fourth-order valence-corrected chi connectivity index (χ4v) is 2.23. The predicted octanol–water partition coefficient (Wildman–Crippen LogP) is 2.10. The third-order valence-electron chi connectivity index (χ3n) is 2.81. The third kappa shape index (κ3) is 2.42. The average molecular weight is 254 g/mol. The van der Waals surface area contributed by atoms with Crippen LogP contribution in [0, 0.1) is 5.92 Å². The fourth-order valence-electron chi connectivity index (χ4n) is 1.92. The van der Waals surface area contributed by atoms with Crippen LogP contribution in [0.1, 0.15) is 18.1 Å². The molecule has 0 aromatic heterocycles. The number of carboxylic acids is 1. The summed E-state index contributed by atoms with van der Waals surface area (Å²) in [5.74, 6) is -1.38. The van der Waals surface area contributed by atoms with E-state index in [4.69, 9.17) is 16.7 Å². The number of hydrogen-bond donors (Lipinski definition) is 2. The highest BCUT2D eigenvalue weighted by molar-refractivity contribution is 6.34. The Labute approximate surface area is 104 Å². The first-order valence-electron chi connectivity index (χ1n) is 5.31. The zero-order chi connectivity index (χ0) is 12.6. The molecule has 1 atom stereocenters. The van der Waals surface area contributed by atoms with Crippen LogP contribution in [0.4, 0.5) is 5.69 Å². The lowest BCUT2D eigenvalue weighted by atomic mass is 9.99. The van der Waals surface area contributed by atoms with Gasteiger partial charge in [0.15, 0.2) is 0 Å². The van der Waals surface area contributed by atoms with E-state index in [9.17, 15) is 9.59 Å². The molecule has 1 aromatic carbocycles. The maximum absolute atomic E-state index is 11.2. The van der Waals surface area contributed by atoms with Gasteiger partial charge < -0.3 is 10.4 Å². The summed E-state index contributed by atoms with van der Waals surface area (Å²) in [5.41, 5.74) is 2.35. The number of nitrogens with one attached hydrogen (secondary N) is 1. The minimum absolute atomic E-state index is 0.0784. The molecule has 0 saturated heterocycles.